The zero-order valence-corrected chi connectivity index (χ0v) is 32.1. The number of nitrogens with zero attached hydrogens (tertiary/aromatic N) is 2. The molecule has 1 heterocycles. The Morgan fingerprint density at radius 2 is 0.931 bits per heavy atom. The van der Waals surface area contributed by atoms with E-state index in [0.717, 1.165) is 29.9 Å². The normalized spacial score (nSPS) is 12.3. The SMILES string of the molecule is C1=Cc2c(n(-c3cc(-c4ccc(N(c5ccccc5)c5ccc(-c6ccccc6)cc5)cc4)cc(-c4ccc5c(ccc6ccccc65)c4)c3)c3ccccc23)CC1. The first kappa shape index (κ1) is 33.9. The number of aromatic nitrogens is 1. The summed E-state index contributed by atoms with van der Waals surface area (Å²) < 4.78 is 2.51. The van der Waals surface area contributed by atoms with Gasteiger partial charge < -0.3 is 9.47 Å². The third-order valence-corrected chi connectivity index (χ3v) is 11.8. The van der Waals surface area contributed by atoms with Crippen LogP contribution in [0.1, 0.15) is 17.7 Å². The molecule has 0 atom stereocenters. The predicted molar refractivity (Wildman–Crippen MR) is 247 cm³/mol. The van der Waals surface area contributed by atoms with Gasteiger partial charge in [-0.2, -0.15) is 0 Å². The largest absolute Gasteiger partial charge is 0.313 e. The summed E-state index contributed by atoms with van der Waals surface area (Å²) in [6, 6.07) is 75.4. The minimum atomic E-state index is 1.01. The molecule has 1 aliphatic rings. The van der Waals surface area contributed by atoms with E-state index >= 15 is 0 Å². The summed E-state index contributed by atoms with van der Waals surface area (Å²) in [6.07, 6.45) is 6.70. The third-order valence-electron chi connectivity index (χ3n) is 11.8. The van der Waals surface area contributed by atoms with Crippen LogP contribution >= 0.6 is 0 Å². The van der Waals surface area contributed by atoms with E-state index in [1.165, 1.54) is 82.8 Å². The summed E-state index contributed by atoms with van der Waals surface area (Å²) in [7, 11) is 0. The van der Waals surface area contributed by atoms with Gasteiger partial charge >= 0.3 is 0 Å². The van der Waals surface area contributed by atoms with Crippen molar-refractivity contribution in [3.05, 3.63) is 224 Å². The van der Waals surface area contributed by atoms with Crippen molar-refractivity contribution in [2.75, 3.05) is 4.90 Å². The van der Waals surface area contributed by atoms with Crippen molar-refractivity contribution in [3.63, 3.8) is 0 Å². The Labute approximate surface area is 339 Å². The highest BCUT2D eigenvalue weighted by Crippen LogP contribution is 2.40. The first-order chi connectivity index (χ1) is 28.7. The second kappa shape index (κ2) is 14.3. The number of anilines is 3. The fourth-order valence-corrected chi connectivity index (χ4v) is 8.99. The quantitative estimate of drug-likeness (QED) is 0.148. The van der Waals surface area contributed by atoms with Crippen molar-refractivity contribution in [1.82, 2.24) is 4.57 Å². The number of benzene rings is 9. The molecular formula is C56H40N2. The van der Waals surface area contributed by atoms with Crippen LogP contribution in [-0.2, 0) is 6.42 Å². The van der Waals surface area contributed by atoms with Crippen LogP contribution in [-0.4, -0.2) is 4.57 Å². The van der Waals surface area contributed by atoms with Crippen LogP contribution in [0.15, 0.2) is 212 Å². The number of para-hydroxylation sites is 2. The van der Waals surface area contributed by atoms with E-state index in [1.807, 2.05) is 0 Å². The maximum atomic E-state index is 2.51. The topological polar surface area (TPSA) is 8.17 Å². The van der Waals surface area contributed by atoms with E-state index in [2.05, 4.69) is 228 Å². The molecule has 0 radical (unpaired) electrons. The first-order valence-electron chi connectivity index (χ1n) is 20.2. The van der Waals surface area contributed by atoms with Crippen molar-refractivity contribution in [1.29, 1.82) is 0 Å². The van der Waals surface area contributed by atoms with E-state index in [-0.39, 0.29) is 0 Å². The van der Waals surface area contributed by atoms with Crippen molar-refractivity contribution in [3.8, 4) is 39.1 Å². The van der Waals surface area contributed by atoms with E-state index < -0.39 is 0 Å². The smallest absolute Gasteiger partial charge is 0.0537 e. The van der Waals surface area contributed by atoms with E-state index in [9.17, 15) is 0 Å². The molecule has 58 heavy (non-hydrogen) atoms. The molecule has 274 valence electrons. The molecule has 11 rings (SSSR count). The summed E-state index contributed by atoms with van der Waals surface area (Å²) in [5.41, 5.74) is 15.7. The van der Waals surface area contributed by atoms with E-state index in [0.29, 0.717) is 0 Å². The summed E-state index contributed by atoms with van der Waals surface area (Å²) in [4.78, 5) is 2.34. The van der Waals surface area contributed by atoms with Gasteiger partial charge in [-0.3, -0.25) is 0 Å². The van der Waals surface area contributed by atoms with Crippen LogP contribution in [0.3, 0.4) is 0 Å². The molecule has 0 aliphatic heterocycles. The number of fused-ring (bicyclic) bond motifs is 6. The van der Waals surface area contributed by atoms with Gasteiger partial charge in [-0.05, 0) is 134 Å². The van der Waals surface area contributed by atoms with Gasteiger partial charge in [0.25, 0.3) is 0 Å². The van der Waals surface area contributed by atoms with Crippen molar-refractivity contribution in [2.45, 2.75) is 12.8 Å². The van der Waals surface area contributed by atoms with Gasteiger partial charge in [-0.25, -0.2) is 0 Å². The Morgan fingerprint density at radius 3 is 1.69 bits per heavy atom. The average molecular weight is 741 g/mol. The van der Waals surface area contributed by atoms with Crippen LogP contribution in [0.4, 0.5) is 17.1 Å². The first-order valence-corrected chi connectivity index (χ1v) is 20.2. The van der Waals surface area contributed by atoms with Crippen LogP contribution in [0.5, 0.6) is 0 Å². The van der Waals surface area contributed by atoms with Gasteiger partial charge in [0.15, 0.2) is 0 Å². The van der Waals surface area contributed by atoms with Crippen molar-refractivity contribution in [2.24, 2.45) is 0 Å². The van der Waals surface area contributed by atoms with Gasteiger partial charge in [-0.1, -0.05) is 152 Å². The highest BCUT2D eigenvalue weighted by Gasteiger charge is 2.20. The molecule has 0 saturated heterocycles. The molecule has 0 N–H and O–H groups in total. The Balaban J connectivity index is 1.05. The van der Waals surface area contributed by atoms with Crippen LogP contribution in [0.25, 0.3) is 77.6 Å². The fraction of sp³-hybridized carbons (Fsp3) is 0.0357. The molecule has 1 aliphatic carbocycles. The molecule has 2 nitrogen and oxygen atoms in total. The summed E-state index contributed by atoms with van der Waals surface area (Å²) in [6.45, 7) is 0. The minimum Gasteiger partial charge on any atom is -0.313 e. The van der Waals surface area contributed by atoms with Crippen molar-refractivity contribution < 1.29 is 0 Å². The van der Waals surface area contributed by atoms with Crippen LogP contribution in [0.2, 0.25) is 0 Å². The third kappa shape index (κ3) is 5.98. The van der Waals surface area contributed by atoms with Gasteiger partial charge in [0, 0.05) is 39.4 Å². The lowest BCUT2D eigenvalue weighted by atomic mass is 9.94. The maximum Gasteiger partial charge on any atom is 0.0537 e. The second-order valence-electron chi connectivity index (χ2n) is 15.3. The van der Waals surface area contributed by atoms with Crippen molar-refractivity contribution >= 4 is 55.6 Å². The van der Waals surface area contributed by atoms with Crippen LogP contribution in [0, 0.1) is 0 Å². The molecule has 0 bridgehead atoms. The molecule has 0 fully saturated rings. The Morgan fingerprint density at radius 1 is 0.379 bits per heavy atom. The Hall–Kier alpha value is -7.42. The number of rotatable bonds is 7. The van der Waals surface area contributed by atoms with E-state index in [4.69, 9.17) is 0 Å². The lowest BCUT2D eigenvalue weighted by Gasteiger charge is -2.26. The lowest BCUT2D eigenvalue weighted by molar-refractivity contribution is 0.889. The zero-order chi connectivity index (χ0) is 38.4. The number of allylic oxidation sites excluding steroid dienone is 1. The zero-order valence-electron chi connectivity index (χ0n) is 32.1. The number of hydrogen-bond donors (Lipinski definition) is 0. The summed E-state index contributed by atoms with van der Waals surface area (Å²) in [5.74, 6) is 0. The molecule has 1 aromatic heterocycles. The molecule has 10 aromatic rings. The predicted octanol–water partition coefficient (Wildman–Crippen LogP) is 15.4. The summed E-state index contributed by atoms with van der Waals surface area (Å²) >= 11 is 0. The van der Waals surface area contributed by atoms with Gasteiger partial charge in [0.05, 0.1) is 5.52 Å². The minimum absolute atomic E-state index is 1.01. The maximum absolute atomic E-state index is 2.51. The Bertz CT molecular complexity index is 3140. The lowest BCUT2D eigenvalue weighted by Crippen LogP contribution is -2.09. The molecular weight excluding hydrogens is 701 g/mol. The van der Waals surface area contributed by atoms with Gasteiger partial charge in [-0.15, -0.1) is 0 Å². The highest BCUT2D eigenvalue weighted by molar-refractivity contribution is 6.08. The average Bonchev–Trinajstić information content (AvgIpc) is 3.64. The monoisotopic (exact) mass is 740 g/mol. The molecule has 0 saturated carbocycles. The number of hydrogen-bond acceptors (Lipinski definition) is 1. The van der Waals surface area contributed by atoms with E-state index in [1.54, 1.807) is 0 Å². The van der Waals surface area contributed by atoms with Gasteiger partial charge in [0.1, 0.15) is 0 Å². The summed E-state index contributed by atoms with van der Waals surface area (Å²) in [5, 5.41) is 6.39. The second-order valence-corrected chi connectivity index (χ2v) is 15.3. The van der Waals surface area contributed by atoms with Crippen LogP contribution < -0.4 is 4.90 Å². The molecule has 9 aromatic carbocycles. The molecule has 2 heteroatoms. The standard InChI is InChI=1S/C56H40N2/c1-3-13-39(14-4-1)40-25-30-48(31-26-40)57(47-16-5-2-6-17-47)49-32-27-41(28-33-49)45-36-46(43-29-34-52-44(35-43)24-23-42-15-7-8-18-51(42)52)38-50(37-45)58-55-21-11-9-19-53(55)54-20-10-12-22-56(54)58/h1-11,13-21,23-38H,12,22H2. The Kier molecular flexibility index (Phi) is 8.33. The van der Waals surface area contributed by atoms with Gasteiger partial charge in [0.2, 0.25) is 0 Å². The molecule has 0 amide bonds. The fourth-order valence-electron chi connectivity index (χ4n) is 8.99. The molecule has 0 unspecified atom stereocenters. The molecule has 0 spiro atoms. The highest BCUT2D eigenvalue weighted by atomic mass is 15.1.